The van der Waals surface area contributed by atoms with Crippen molar-refractivity contribution in [2.24, 2.45) is 0 Å². The fourth-order valence-corrected chi connectivity index (χ4v) is 7.81. The zero-order valence-electron chi connectivity index (χ0n) is 38.6. The molecule has 0 aliphatic carbocycles. The molecule has 1 aromatic carbocycles. The molecule has 0 unspecified atom stereocenters. The van der Waals surface area contributed by atoms with Gasteiger partial charge in [0.15, 0.2) is 11.5 Å². The van der Waals surface area contributed by atoms with Gasteiger partial charge in [0.2, 0.25) is 11.8 Å². The topological polar surface area (TPSA) is 76.7 Å². The van der Waals surface area contributed by atoms with E-state index in [9.17, 15) is 9.59 Å². The molecule has 0 radical (unpaired) electrons. The lowest BCUT2D eigenvalue weighted by Crippen LogP contribution is -2.23. The van der Waals surface area contributed by atoms with E-state index in [0.717, 1.165) is 89.2 Å². The van der Waals surface area contributed by atoms with E-state index in [1.54, 1.807) is 0 Å². The van der Waals surface area contributed by atoms with E-state index in [1.807, 2.05) is 24.3 Å². The van der Waals surface area contributed by atoms with Crippen LogP contribution in [0.2, 0.25) is 0 Å². The highest BCUT2D eigenvalue weighted by atomic mass is 16.5. The first-order valence-electron chi connectivity index (χ1n) is 25.5. The van der Waals surface area contributed by atoms with Crippen LogP contribution in [0, 0.1) is 0 Å². The van der Waals surface area contributed by atoms with Crippen molar-refractivity contribution in [1.82, 2.24) is 10.6 Å². The highest BCUT2D eigenvalue weighted by Crippen LogP contribution is 2.27. The first-order valence-corrected chi connectivity index (χ1v) is 25.5. The van der Waals surface area contributed by atoms with E-state index in [-0.39, 0.29) is 11.8 Å². The van der Waals surface area contributed by atoms with Crippen LogP contribution in [0.15, 0.2) is 24.3 Å². The van der Waals surface area contributed by atoms with Crippen molar-refractivity contribution in [3.05, 3.63) is 24.3 Å². The van der Waals surface area contributed by atoms with E-state index < -0.39 is 0 Å². The first-order chi connectivity index (χ1) is 28.7. The number of hydrogen-bond acceptors (Lipinski definition) is 4. The Morgan fingerprint density at radius 2 is 0.621 bits per heavy atom. The van der Waals surface area contributed by atoms with Crippen molar-refractivity contribution in [3.63, 3.8) is 0 Å². The molecule has 1 rings (SSSR count). The van der Waals surface area contributed by atoms with E-state index in [0.29, 0.717) is 12.8 Å². The van der Waals surface area contributed by atoms with Gasteiger partial charge in [0.05, 0.1) is 13.2 Å². The van der Waals surface area contributed by atoms with E-state index in [4.69, 9.17) is 9.47 Å². The maximum atomic E-state index is 12.1. The molecule has 0 atom stereocenters. The molecule has 0 aliphatic heterocycles. The number of para-hydroxylation sites is 2. The van der Waals surface area contributed by atoms with E-state index in [1.165, 1.54) is 180 Å². The summed E-state index contributed by atoms with van der Waals surface area (Å²) in [6.45, 7) is 7.72. The third-order valence-corrected chi connectivity index (χ3v) is 11.7. The smallest absolute Gasteiger partial charge is 0.219 e. The zero-order chi connectivity index (χ0) is 41.7. The number of hydrogen-bond donors (Lipinski definition) is 2. The molecule has 1 aromatic rings. The van der Waals surface area contributed by atoms with Crippen LogP contribution < -0.4 is 20.1 Å². The van der Waals surface area contributed by atoms with Gasteiger partial charge in [-0.3, -0.25) is 9.59 Å². The molecule has 0 aliphatic rings. The SMILES string of the molecule is CCCCCCCCCCCCNC(=O)CCCCCCCCCCOc1ccccc1OCCCCCCCCCCC(=O)NCCCCCCCCCCCC. The van der Waals surface area contributed by atoms with Gasteiger partial charge in [0.25, 0.3) is 0 Å². The van der Waals surface area contributed by atoms with Gasteiger partial charge in [-0.2, -0.15) is 0 Å². The van der Waals surface area contributed by atoms with Crippen LogP contribution >= 0.6 is 0 Å². The summed E-state index contributed by atoms with van der Waals surface area (Å²) in [5.41, 5.74) is 0. The van der Waals surface area contributed by atoms with Crippen LogP contribution in [0.5, 0.6) is 11.5 Å². The molecule has 0 fully saturated rings. The number of unbranched alkanes of at least 4 members (excludes halogenated alkanes) is 32. The Labute approximate surface area is 360 Å². The fourth-order valence-electron chi connectivity index (χ4n) is 7.81. The molecule has 0 saturated heterocycles. The van der Waals surface area contributed by atoms with Gasteiger partial charge in [-0.05, 0) is 50.7 Å². The Morgan fingerprint density at radius 1 is 0.362 bits per heavy atom. The molecule has 0 bridgehead atoms. The number of amides is 2. The minimum absolute atomic E-state index is 0.240. The Morgan fingerprint density at radius 3 is 0.931 bits per heavy atom. The third kappa shape index (κ3) is 38.0. The van der Waals surface area contributed by atoms with Gasteiger partial charge in [-0.15, -0.1) is 0 Å². The lowest BCUT2D eigenvalue weighted by atomic mass is 10.1. The molecule has 2 amide bonds. The van der Waals surface area contributed by atoms with Crippen LogP contribution in [0.4, 0.5) is 0 Å². The van der Waals surface area contributed by atoms with Crippen molar-refractivity contribution >= 4 is 11.8 Å². The predicted molar refractivity (Wildman–Crippen MR) is 250 cm³/mol. The van der Waals surface area contributed by atoms with E-state index in [2.05, 4.69) is 24.5 Å². The lowest BCUT2D eigenvalue weighted by molar-refractivity contribution is -0.122. The van der Waals surface area contributed by atoms with Crippen molar-refractivity contribution < 1.29 is 19.1 Å². The summed E-state index contributed by atoms with van der Waals surface area (Å²) in [7, 11) is 0. The normalized spacial score (nSPS) is 11.2. The van der Waals surface area contributed by atoms with Crippen molar-refractivity contribution in [2.45, 2.75) is 258 Å². The summed E-state index contributed by atoms with van der Waals surface area (Å²) >= 11 is 0. The van der Waals surface area contributed by atoms with Crippen LogP contribution in [0.1, 0.15) is 258 Å². The molecule has 0 aromatic heterocycles. The molecular weight excluding hydrogens is 717 g/mol. The molecule has 338 valence electrons. The predicted octanol–water partition coefficient (Wildman–Crippen LogP) is 15.5. The molecule has 0 heterocycles. The van der Waals surface area contributed by atoms with Crippen LogP contribution in [0.25, 0.3) is 0 Å². The Balaban J connectivity index is 1.87. The van der Waals surface area contributed by atoms with Crippen LogP contribution in [0.3, 0.4) is 0 Å². The summed E-state index contributed by atoms with van der Waals surface area (Å²) in [4.78, 5) is 24.3. The first kappa shape index (κ1) is 53.8. The summed E-state index contributed by atoms with van der Waals surface area (Å²) in [6.07, 6.45) is 46.9. The molecule has 6 heteroatoms. The number of carbonyl (C=O) groups is 2. The second-order valence-corrected chi connectivity index (χ2v) is 17.4. The Bertz CT molecular complexity index is 938. The van der Waals surface area contributed by atoms with Gasteiger partial charge < -0.3 is 20.1 Å². The fraction of sp³-hybridized carbons (Fsp3) is 0.846. The molecule has 0 spiro atoms. The maximum absolute atomic E-state index is 12.1. The van der Waals surface area contributed by atoms with Gasteiger partial charge in [0, 0.05) is 25.9 Å². The average Bonchev–Trinajstić information content (AvgIpc) is 3.23. The highest BCUT2D eigenvalue weighted by Gasteiger charge is 2.06. The monoisotopic (exact) mass is 813 g/mol. The van der Waals surface area contributed by atoms with Crippen molar-refractivity contribution in [2.75, 3.05) is 26.3 Å². The summed E-state index contributed by atoms with van der Waals surface area (Å²) in [5, 5.41) is 6.25. The highest BCUT2D eigenvalue weighted by molar-refractivity contribution is 5.76. The van der Waals surface area contributed by atoms with Crippen molar-refractivity contribution in [1.29, 1.82) is 0 Å². The Hall–Kier alpha value is -2.24. The molecule has 58 heavy (non-hydrogen) atoms. The second kappa shape index (κ2) is 44.3. The summed E-state index contributed by atoms with van der Waals surface area (Å²) < 4.78 is 12.2. The lowest BCUT2D eigenvalue weighted by Gasteiger charge is -2.12. The standard InChI is InChI=1S/C52H96N2O4/c1-3-5-7-9-11-13-17-23-29-37-45-53-51(55)43-33-27-21-15-19-25-31-39-47-57-49-41-35-36-42-50(49)58-48-40-32-26-20-16-22-28-34-44-52(56)54-46-38-30-24-18-14-12-10-8-6-4-2/h35-36,41-42H,3-34,37-40,43-48H2,1-2H3,(H,53,55)(H,54,56). The van der Waals surface area contributed by atoms with Gasteiger partial charge in [0.1, 0.15) is 0 Å². The van der Waals surface area contributed by atoms with Crippen molar-refractivity contribution in [3.8, 4) is 11.5 Å². The van der Waals surface area contributed by atoms with Crippen LogP contribution in [-0.2, 0) is 9.59 Å². The second-order valence-electron chi connectivity index (χ2n) is 17.4. The number of ether oxygens (including phenoxy) is 2. The summed E-state index contributed by atoms with van der Waals surface area (Å²) in [5.74, 6) is 2.21. The maximum Gasteiger partial charge on any atom is 0.219 e. The van der Waals surface area contributed by atoms with Crippen LogP contribution in [-0.4, -0.2) is 38.1 Å². The Kier molecular flexibility index (Phi) is 41.1. The van der Waals surface area contributed by atoms with E-state index >= 15 is 0 Å². The zero-order valence-corrected chi connectivity index (χ0v) is 38.6. The number of carbonyl (C=O) groups excluding carboxylic acids is 2. The average molecular weight is 813 g/mol. The quantitative estimate of drug-likeness (QED) is 0.0643. The van der Waals surface area contributed by atoms with Gasteiger partial charge in [-0.25, -0.2) is 0 Å². The molecular formula is C52H96N2O4. The number of benzene rings is 1. The number of nitrogens with one attached hydrogen (secondary N) is 2. The summed E-state index contributed by atoms with van der Waals surface area (Å²) in [6, 6.07) is 8.10. The number of rotatable bonds is 46. The van der Waals surface area contributed by atoms with Gasteiger partial charge >= 0.3 is 0 Å². The van der Waals surface area contributed by atoms with Gasteiger partial charge in [-0.1, -0.05) is 219 Å². The molecule has 2 N–H and O–H groups in total. The molecule has 6 nitrogen and oxygen atoms in total. The molecule has 0 saturated carbocycles. The third-order valence-electron chi connectivity index (χ3n) is 11.7. The minimum atomic E-state index is 0.240. The minimum Gasteiger partial charge on any atom is -0.490 e. The largest absolute Gasteiger partial charge is 0.490 e.